The highest BCUT2D eigenvalue weighted by Crippen LogP contribution is 2.17. The summed E-state index contributed by atoms with van der Waals surface area (Å²) in [5, 5.41) is 10.9. The second-order valence-electron chi connectivity index (χ2n) is 4.13. The predicted molar refractivity (Wildman–Crippen MR) is 75.4 cm³/mol. The van der Waals surface area contributed by atoms with Crippen molar-refractivity contribution in [1.82, 2.24) is 20.0 Å². The number of pyridine rings is 1. The molecule has 0 radical (unpaired) electrons. The van der Waals surface area contributed by atoms with Gasteiger partial charge in [-0.1, -0.05) is 28.9 Å². The maximum absolute atomic E-state index is 12.0. The fraction of sp³-hybridized carbons (Fsp3) is 0.0769. The number of benzene rings is 1. The molecule has 0 bridgehead atoms. The Bertz CT molecular complexity index is 770. The lowest BCUT2D eigenvalue weighted by molar-refractivity contribution is -0.116. The topological polar surface area (TPSA) is 72.7 Å². The quantitative estimate of drug-likeness (QED) is 0.749. The maximum Gasteiger partial charge on any atom is 0.246 e. The van der Waals surface area contributed by atoms with Crippen LogP contribution in [0.5, 0.6) is 0 Å². The number of rotatable bonds is 3. The molecule has 0 aliphatic rings. The van der Waals surface area contributed by atoms with E-state index in [2.05, 4.69) is 20.6 Å². The summed E-state index contributed by atoms with van der Waals surface area (Å²) in [4.78, 5) is 15.9. The number of nitrogens with one attached hydrogen (secondary N) is 1. The number of aromatic nitrogens is 4. The Morgan fingerprint density at radius 2 is 2.10 bits per heavy atom. The maximum atomic E-state index is 12.0. The van der Waals surface area contributed by atoms with E-state index in [9.17, 15) is 4.79 Å². The van der Waals surface area contributed by atoms with Crippen molar-refractivity contribution in [3.8, 4) is 0 Å². The minimum atomic E-state index is -0.240. The van der Waals surface area contributed by atoms with Gasteiger partial charge in [0.25, 0.3) is 0 Å². The summed E-state index contributed by atoms with van der Waals surface area (Å²) in [5.41, 5.74) is 2.03. The number of fused-ring (bicyclic) bond motifs is 1. The molecule has 0 atom stereocenters. The van der Waals surface area contributed by atoms with Crippen molar-refractivity contribution < 1.29 is 4.79 Å². The van der Waals surface area contributed by atoms with E-state index in [-0.39, 0.29) is 17.6 Å². The van der Waals surface area contributed by atoms with Crippen LogP contribution in [-0.4, -0.2) is 25.9 Å². The fourth-order valence-corrected chi connectivity index (χ4v) is 2.01. The zero-order valence-corrected chi connectivity index (χ0v) is 11.1. The van der Waals surface area contributed by atoms with Gasteiger partial charge in [0.05, 0.1) is 11.2 Å². The highest BCUT2D eigenvalue weighted by Gasteiger charge is 2.10. The average molecular weight is 288 g/mol. The summed E-state index contributed by atoms with van der Waals surface area (Å²) >= 11 is 5.88. The fourth-order valence-electron chi connectivity index (χ4n) is 1.84. The molecule has 1 amide bonds. The molecule has 20 heavy (non-hydrogen) atoms. The molecule has 2 heterocycles. The third kappa shape index (κ3) is 2.46. The van der Waals surface area contributed by atoms with Gasteiger partial charge >= 0.3 is 0 Å². The summed E-state index contributed by atoms with van der Waals surface area (Å²) in [6.45, 7) is 0.0612. The van der Waals surface area contributed by atoms with Crippen LogP contribution in [0, 0.1) is 0 Å². The summed E-state index contributed by atoms with van der Waals surface area (Å²) < 4.78 is 1.54. The summed E-state index contributed by atoms with van der Waals surface area (Å²) in [6, 6.07) is 10.8. The number of carbonyl (C=O) groups excluding carboxylic acids is 1. The van der Waals surface area contributed by atoms with Crippen molar-refractivity contribution in [3.63, 3.8) is 0 Å². The number of hydrogen-bond acceptors (Lipinski definition) is 4. The second kappa shape index (κ2) is 5.26. The van der Waals surface area contributed by atoms with Crippen LogP contribution in [0.1, 0.15) is 0 Å². The first-order valence-corrected chi connectivity index (χ1v) is 6.30. The minimum Gasteiger partial charge on any atom is -0.322 e. The SMILES string of the molecule is O=C(Cn1nnc2ccccc21)Nc1cccnc1Cl. The summed E-state index contributed by atoms with van der Waals surface area (Å²) in [7, 11) is 0. The predicted octanol–water partition coefficient (Wildman–Crippen LogP) is 2.12. The first-order chi connectivity index (χ1) is 9.74. The number of halogens is 1. The third-order valence-electron chi connectivity index (χ3n) is 2.75. The van der Waals surface area contributed by atoms with Crippen LogP contribution in [-0.2, 0) is 11.3 Å². The Labute approximate surface area is 119 Å². The van der Waals surface area contributed by atoms with Gasteiger partial charge in [-0.15, -0.1) is 5.10 Å². The molecule has 0 aliphatic heterocycles. The van der Waals surface area contributed by atoms with Crippen LogP contribution in [0.3, 0.4) is 0 Å². The number of anilines is 1. The van der Waals surface area contributed by atoms with E-state index in [1.807, 2.05) is 24.3 Å². The number of para-hydroxylation sites is 1. The Kier molecular flexibility index (Phi) is 3.30. The molecule has 2 aromatic heterocycles. The van der Waals surface area contributed by atoms with Crippen LogP contribution in [0.4, 0.5) is 5.69 Å². The van der Waals surface area contributed by atoms with Crippen LogP contribution in [0.25, 0.3) is 11.0 Å². The molecule has 0 saturated carbocycles. The zero-order chi connectivity index (χ0) is 13.9. The van der Waals surface area contributed by atoms with Crippen LogP contribution < -0.4 is 5.32 Å². The van der Waals surface area contributed by atoms with Gasteiger partial charge in [-0.05, 0) is 24.3 Å². The van der Waals surface area contributed by atoms with Gasteiger partial charge in [-0.2, -0.15) is 0 Å². The van der Waals surface area contributed by atoms with Crippen molar-refractivity contribution in [1.29, 1.82) is 0 Å². The summed E-state index contributed by atoms with van der Waals surface area (Å²) in [6.07, 6.45) is 1.56. The lowest BCUT2D eigenvalue weighted by atomic mass is 10.3. The first kappa shape index (κ1) is 12.6. The van der Waals surface area contributed by atoms with Gasteiger partial charge < -0.3 is 5.32 Å². The Morgan fingerprint density at radius 1 is 1.25 bits per heavy atom. The van der Waals surface area contributed by atoms with Gasteiger partial charge in [-0.3, -0.25) is 4.79 Å². The Balaban J connectivity index is 1.78. The molecule has 0 aliphatic carbocycles. The molecule has 0 fully saturated rings. The lowest BCUT2D eigenvalue weighted by Crippen LogP contribution is -2.19. The number of carbonyl (C=O) groups is 1. The van der Waals surface area contributed by atoms with Crippen molar-refractivity contribution in [3.05, 3.63) is 47.7 Å². The molecular formula is C13H10ClN5O. The Hall–Kier alpha value is -2.47. The minimum absolute atomic E-state index is 0.0612. The normalized spacial score (nSPS) is 10.7. The Morgan fingerprint density at radius 3 is 2.95 bits per heavy atom. The molecular weight excluding hydrogens is 278 g/mol. The third-order valence-corrected chi connectivity index (χ3v) is 3.05. The molecule has 3 aromatic rings. The van der Waals surface area contributed by atoms with E-state index in [1.165, 1.54) is 4.68 Å². The molecule has 0 unspecified atom stereocenters. The first-order valence-electron chi connectivity index (χ1n) is 5.92. The monoisotopic (exact) mass is 287 g/mol. The van der Waals surface area contributed by atoms with E-state index in [0.29, 0.717) is 5.69 Å². The van der Waals surface area contributed by atoms with Crippen LogP contribution >= 0.6 is 11.6 Å². The van der Waals surface area contributed by atoms with Crippen molar-refractivity contribution in [2.24, 2.45) is 0 Å². The highest BCUT2D eigenvalue weighted by molar-refractivity contribution is 6.32. The lowest BCUT2D eigenvalue weighted by Gasteiger charge is -2.06. The van der Waals surface area contributed by atoms with Gasteiger partial charge in [0.2, 0.25) is 5.91 Å². The van der Waals surface area contributed by atoms with E-state index < -0.39 is 0 Å². The molecule has 6 nitrogen and oxygen atoms in total. The highest BCUT2D eigenvalue weighted by atomic mass is 35.5. The standard InChI is InChI=1S/C13H10ClN5O/c14-13-10(5-3-7-15-13)16-12(20)8-19-11-6-2-1-4-9(11)17-18-19/h1-7H,8H2,(H,16,20). The van der Waals surface area contributed by atoms with Gasteiger partial charge in [0.15, 0.2) is 5.15 Å². The number of nitrogens with zero attached hydrogens (tertiary/aromatic N) is 4. The van der Waals surface area contributed by atoms with Gasteiger partial charge in [0, 0.05) is 6.20 Å². The van der Waals surface area contributed by atoms with E-state index in [0.717, 1.165) is 11.0 Å². The summed E-state index contributed by atoms with van der Waals surface area (Å²) in [5.74, 6) is -0.240. The molecule has 0 spiro atoms. The molecule has 7 heteroatoms. The van der Waals surface area contributed by atoms with E-state index in [4.69, 9.17) is 11.6 Å². The average Bonchev–Trinajstić information content (AvgIpc) is 2.85. The zero-order valence-electron chi connectivity index (χ0n) is 10.3. The molecule has 1 aromatic carbocycles. The molecule has 3 rings (SSSR count). The van der Waals surface area contributed by atoms with Crippen molar-refractivity contribution in [2.45, 2.75) is 6.54 Å². The van der Waals surface area contributed by atoms with E-state index in [1.54, 1.807) is 18.3 Å². The number of amides is 1. The number of hydrogen-bond donors (Lipinski definition) is 1. The van der Waals surface area contributed by atoms with Crippen molar-refractivity contribution in [2.75, 3.05) is 5.32 Å². The van der Waals surface area contributed by atoms with Crippen molar-refractivity contribution >= 4 is 34.2 Å². The molecule has 0 saturated heterocycles. The molecule has 1 N–H and O–H groups in total. The van der Waals surface area contributed by atoms with Gasteiger partial charge in [-0.25, -0.2) is 9.67 Å². The van der Waals surface area contributed by atoms with Gasteiger partial charge in [0.1, 0.15) is 12.1 Å². The van der Waals surface area contributed by atoms with E-state index >= 15 is 0 Å². The smallest absolute Gasteiger partial charge is 0.246 e. The largest absolute Gasteiger partial charge is 0.322 e. The second-order valence-corrected chi connectivity index (χ2v) is 4.48. The molecule has 100 valence electrons. The van der Waals surface area contributed by atoms with Crippen LogP contribution in [0.2, 0.25) is 5.15 Å². The van der Waals surface area contributed by atoms with Crippen LogP contribution in [0.15, 0.2) is 42.6 Å².